The molecular weight excluding hydrogens is 424 g/mol. The topological polar surface area (TPSA) is 73.4 Å². The van der Waals surface area contributed by atoms with Crippen molar-refractivity contribution < 1.29 is 9.53 Å². The molecule has 0 bridgehead atoms. The monoisotopic (exact) mass is 457 g/mol. The Kier molecular flexibility index (Phi) is 5.46. The van der Waals surface area contributed by atoms with Crippen LogP contribution in [0.1, 0.15) is 59.7 Å². The molecule has 0 spiro atoms. The lowest BCUT2D eigenvalue weighted by atomic mass is 9.90. The minimum Gasteiger partial charge on any atom is -0.378 e. The first-order valence-electron chi connectivity index (χ1n) is 12.5. The average molecular weight is 458 g/mol. The molecule has 1 saturated carbocycles. The number of primary amides is 1. The van der Waals surface area contributed by atoms with Crippen molar-refractivity contribution in [2.45, 2.75) is 56.6 Å². The summed E-state index contributed by atoms with van der Waals surface area (Å²) in [5.74, 6) is 1.58. The maximum atomic E-state index is 12.4. The van der Waals surface area contributed by atoms with Gasteiger partial charge >= 0.3 is 0 Å². The summed E-state index contributed by atoms with van der Waals surface area (Å²) in [7, 11) is 1.83. The number of imidazole rings is 1. The highest BCUT2D eigenvalue weighted by atomic mass is 16.5. The molecule has 4 atom stereocenters. The Morgan fingerprint density at radius 2 is 2.12 bits per heavy atom. The first-order chi connectivity index (χ1) is 16.5. The molecule has 6 heteroatoms. The molecule has 2 N–H and O–H groups in total. The fourth-order valence-corrected chi connectivity index (χ4v) is 6.37. The van der Waals surface area contributed by atoms with Crippen LogP contribution in [0.25, 0.3) is 11.0 Å². The Morgan fingerprint density at radius 1 is 1.26 bits per heavy atom. The minimum atomic E-state index is -0.220. The summed E-state index contributed by atoms with van der Waals surface area (Å²) < 4.78 is 8.59. The molecule has 1 saturated heterocycles. The number of aryl methyl sites for hydroxylation is 1. The van der Waals surface area contributed by atoms with Crippen LogP contribution in [0.2, 0.25) is 0 Å². The number of carbonyl (C=O) groups is 1. The Labute approximate surface area is 201 Å². The quantitative estimate of drug-likeness (QED) is 0.612. The molecule has 2 unspecified atom stereocenters. The second kappa shape index (κ2) is 8.51. The van der Waals surface area contributed by atoms with Crippen LogP contribution in [0.4, 0.5) is 0 Å². The van der Waals surface area contributed by atoms with E-state index in [9.17, 15) is 4.79 Å². The zero-order chi connectivity index (χ0) is 23.4. The van der Waals surface area contributed by atoms with Crippen LogP contribution in [0.3, 0.4) is 0 Å². The van der Waals surface area contributed by atoms with Gasteiger partial charge in [0.25, 0.3) is 0 Å². The Balaban J connectivity index is 1.24. The van der Waals surface area contributed by atoms with Crippen molar-refractivity contribution in [1.29, 1.82) is 0 Å². The summed E-state index contributed by atoms with van der Waals surface area (Å²) in [5, 5.41) is 0. The van der Waals surface area contributed by atoms with E-state index in [4.69, 9.17) is 15.5 Å². The largest absolute Gasteiger partial charge is 0.378 e. The first kappa shape index (κ1) is 21.8. The summed E-state index contributed by atoms with van der Waals surface area (Å²) in [6, 6.07) is 16.0. The zero-order valence-electron chi connectivity index (χ0n) is 20.0. The number of piperidine rings is 1. The molecule has 1 radical (unpaired) electrons. The fraction of sp³-hybridized carbons (Fsp3) is 0.500. The number of carbonyl (C=O) groups excluding carboxylic acids is 1. The molecule has 1 aliphatic heterocycles. The van der Waals surface area contributed by atoms with Crippen LogP contribution in [0.5, 0.6) is 0 Å². The molecule has 6 rings (SSSR count). The van der Waals surface area contributed by atoms with Crippen molar-refractivity contribution in [3.8, 4) is 0 Å². The van der Waals surface area contributed by atoms with E-state index >= 15 is 0 Å². The maximum Gasteiger partial charge on any atom is 0.225 e. The van der Waals surface area contributed by atoms with E-state index in [-0.39, 0.29) is 29.9 Å². The van der Waals surface area contributed by atoms with Crippen molar-refractivity contribution in [3.05, 3.63) is 65.0 Å². The molecular formula is C28H33N4O2. The van der Waals surface area contributed by atoms with Crippen LogP contribution in [-0.4, -0.2) is 53.2 Å². The van der Waals surface area contributed by atoms with Gasteiger partial charge in [-0.15, -0.1) is 0 Å². The van der Waals surface area contributed by atoms with Gasteiger partial charge in [0.15, 0.2) is 0 Å². The zero-order valence-corrected chi connectivity index (χ0v) is 20.0. The molecule has 2 heterocycles. The first-order valence-corrected chi connectivity index (χ1v) is 12.5. The van der Waals surface area contributed by atoms with Gasteiger partial charge in [-0.2, -0.15) is 0 Å². The number of likely N-dealkylation sites (tertiary alicyclic amines) is 1. The molecule has 1 amide bonds. The van der Waals surface area contributed by atoms with Crippen LogP contribution >= 0.6 is 0 Å². The minimum absolute atomic E-state index is 0.0779. The second-order valence-corrected chi connectivity index (χ2v) is 10.5. The molecule has 6 nitrogen and oxygen atoms in total. The van der Waals surface area contributed by atoms with E-state index in [0.29, 0.717) is 5.92 Å². The van der Waals surface area contributed by atoms with Crippen molar-refractivity contribution >= 4 is 16.9 Å². The third-order valence-corrected chi connectivity index (χ3v) is 8.13. The van der Waals surface area contributed by atoms with E-state index in [1.165, 1.54) is 35.3 Å². The number of hydrogen-bond donors (Lipinski definition) is 1. The van der Waals surface area contributed by atoms with E-state index < -0.39 is 0 Å². The summed E-state index contributed by atoms with van der Waals surface area (Å²) in [4.78, 5) is 19.9. The molecule has 2 aliphatic carbocycles. The predicted molar refractivity (Wildman–Crippen MR) is 132 cm³/mol. The molecule has 3 aliphatic rings. The summed E-state index contributed by atoms with van der Waals surface area (Å²) in [6.45, 7) is 4.81. The SMILES string of the molecule is CO[C@H]1CN(CC2Cc3c[c]ccc3C2C(N)=O)CC[C@@H]1n1c(C2CC2)nc2cc(C)ccc21. The van der Waals surface area contributed by atoms with Gasteiger partial charge in [0.05, 0.1) is 29.1 Å². The Bertz CT molecular complexity index is 1230. The smallest absolute Gasteiger partial charge is 0.225 e. The van der Waals surface area contributed by atoms with Crippen LogP contribution < -0.4 is 5.73 Å². The van der Waals surface area contributed by atoms with Gasteiger partial charge in [-0.05, 0) is 73.4 Å². The van der Waals surface area contributed by atoms with Crippen LogP contribution in [0.15, 0.2) is 36.4 Å². The predicted octanol–water partition coefficient (Wildman–Crippen LogP) is 3.73. The highest BCUT2D eigenvalue weighted by molar-refractivity contribution is 5.84. The number of amides is 1. The lowest BCUT2D eigenvalue weighted by Crippen LogP contribution is -2.48. The summed E-state index contributed by atoms with van der Waals surface area (Å²) >= 11 is 0. The number of methoxy groups -OCH3 is 1. The number of benzene rings is 2. The van der Waals surface area contributed by atoms with Gasteiger partial charge in [-0.1, -0.05) is 24.3 Å². The maximum absolute atomic E-state index is 12.4. The number of nitrogens with zero attached hydrogens (tertiary/aromatic N) is 3. The molecule has 2 fully saturated rings. The molecule has 34 heavy (non-hydrogen) atoms. The third kappa shape index (κ3) is 3.73. The fourth-order valence-electron chi connectivity index (χ4n) is 6.37. The second-order valence-electron chi connectivity index (χ2n) is 10.5. The van der Waals surface area contributed by atoms with Crippen molar-refractivity contribution in [2.24, 2.45) is 11.7 Å². The van der Waals surface area contributed by atoms with Gasteiger partial charge in [0, 0.05) is 32.7 Å². The third-order valence-electron chi connectivity index (χ3n) is 8.13. The number of nitrogens with two attached hydrogens (primary N) is 1. The van der Waals surface area contributed by atoms with Gasteiger partial charge in [-0.25, -0.2) is 4.98 Å². The molecule has 177 valence electrons. The van der Waals surface area contributed by atoms with Gasteiger partial charge in [0.1, 0.15) is 5.82 Å². The van der Waals surface area contributed by atoms with Gasteiger partial charge in [0.2, 0.25) is 5.91 Å². The molecule has 2 aromatic carbocycles. The summed E-state index contributed by atoms with van der Waals surface area (Å²) in [5.41, 5.74) is 11.7. The molecule has 1 aromatic heterocycles. The highest BCUT2D eigenvalue weighted by Crippen LogP contribution is 2.44. The van der Waals surface area contributed by atoms with Crippen LogP contribution in [-0.2, 0) is 16.0 Å². The van der Waals surface area contributed by atoms with Crippen LogP contribution in [0, 0.1) is 18.9 Å². The van der Waals surface area contributed by atoms with Crippen molar-refractivity contribution in [2.75, 3.05) is 26.7 Å². The van der Waals surface area contributed by atoms with E-state index in [1.54, 1.807) is 0 Å². The lowest BCUT2D eigenvalue weighted by Gasteiger charge is -2.40. The standard InChI is InChI=1S/C28H33N4O2/c1-17-7-10-23-22(13-17)30-28(18-8-9-18)32(23)24-11-12-31(16-25(24)34-2)15-20-14-19-5-3-4-6-21(19)26(20)27(29)33/h4-7,10,13,18,20,24-26H,8-9,11-12,14-16H2,1-2H3,(H2,29,33)/t20?,24-,25-,26?/m0/s1. The Hall–Kier alpha value is -2.70. The van der Waals surface area contributed by atoms with E-state index in [2.05, 4.69) is 40.7 Å². The summed E-state index contributed by atoms with van der Waals surface area (Å²) in [6.07, 6.45) is 4.43. The Morgan fingerprint density at radius 3 is 2.88 bits per heavy atom. The number of hydrogen-bond acceptors (Lipinski definition) is 4. The highest BCUT2D eigenvalue weighted by Gasteiger charge is 2.40. The van der Waals surface area contributed by atoms with Gasteiger partial charge in [-0.3, -0.25) is 4.79 Å². The van der Waals surface area contributed by atoms with Crippen molar-refractivity contribution in [3.63, 3.8) is 0 Å². The van der Waals surface area contributed by atoms with Gasteiger partial charge < -0.3 is 19.9 Å². The van der Waals surface area contributed by atoms with E-state index in [0.717, 1.165) is 43.6 Å². The number of fused-ring (bicyclic) bond motifs is 2. The average Bonchev–Trinajstić information content (AvgIpc) is 3.51. The number of aromatic nitrogens is 2. The molecule has 3 aromatic rings. The normalized spacial score (nSPS) is 27.2. The number of ether oxygens (including phenoxy) is 1. The lowest BCUT2D eigenvalue weighted by molar-refractivity contribution is -0.120. The van der Waals surface area contributed by atoms with E-state index in [1.807, 2.05) is 25.3 Å². The van der Waals surface area contributed by atoms with Crippen molar-refractivity contribution in [1.82, 2.24) is 14.5 Å². The number of rotatable bonds is 6.